The minimum Gasteiger partial charge on any atom is -0.381 e. The van der Waals surface area contributed by atoms with Gasteiger partial charge in [0.25, 0.3) is 0 Å². The van der Waals surface area contributed by atoms with Crippen molar-refractivity contribution in [2.45, 2.75) is 19.3 Å². The van der Waals surface area contributed by atoms with Crippen LogP contribution in [0.2, 0.25) is 0 Å². The SMILES string of the molecule is c1cn2cc(CC3CCCOC3)nc2cc1N1CCNCC1. The lowest BCUT2D eigenvalue weighted by atomic mass is 9.97. The molecule has 5 nitrogen and oxygen atoms in total. The van der Waals surface area contributed by atoms with Gasteiger partial charge < -0.3 is 19.4 Å². The normalized spacial score (nSPS) is 23.1. The maximum atomic E-state index is 5.58. The Balaban J connectivity index is 1.52. The van der Waals surface area contributed by atoms with Crippen molar-refractivity contribution in [2.75, 3.05) is 44.3 Å². The predicted molar refractivity (Wildman–Crippen MR) is 87.5 cm³/mol. The molecule has 1 atom stereocenters. The van der Waals surface area contributed by atoms with E-state index in [0.29, 0.717) is 5.92 Å². The van der Waals surface area contributed by atoms with E-state index in [4.69, 9.17) is 9.72 Å². The fourth-order valence-corrected chi connectivity index (χ4v) is 3.51. The number of rotatable bonds is 3. The highest BCUT2D eigenvalue weighted by atomic mass is 16.5. The van der Waals surface area contributed by atoms with Crippen LogP contribution < -0.4 is 10.2 Å². The van der Waals surface area contributed by atoms with Crippen LogP contribution in [0.5, 0.6) is 0 Å². The van der Waals surface area contributed by atoms with Gasteiger partial charge in [-0.3, -0.25) is 0 Å². The molecule has 4 heterocycles. The Labute approximate surface area is 131 Å². The standard InChI is InChI=1S/C17H24N4O/c1-2-14(13-22-9-1)10-15-12-21-6-3-16(11-17(21)19-15)20-7-4-18-5-8-20/h3,6,11-12,14,18H,1-2,4-5,7-10,13H2. The molecule has 2 aliphatic heterocycles. The molecule has 0 aromatic carbocycles. The van der Waals surface area contributed by atoms with Gasteiger partial charge in [-0.1, -0.05) is 0 Å². The summed E-state index contributed by atoms with van der Waals surface area (Å²) >= 11 is 0. The van der Waals surface area contributed by atoms with Crippen molar-refractivity contribution < 1.29 is 4.74 Å². The highest BCUT2D eigenvalue weighted by Gasteiger charge is 2.17. The third-order valence-corrected chi connectivity index (χ3v) is 4.73. The molecule has 0 bridgehead atoms. The van der Waals surface area contributed by atoms with Gasteiger partial charge in [-0.05, 0) is 31.2 Å². The van der Waals surface area contributed by atoms with Crippen LogP contribution in [0.4, 0.5) is 5.69 Å². The number of nitrogens with zero attached hydrogens (tertiary/aromatic N) is 3. The minimum absolute atomic E-state index is 0.631. The Kier molecular flexibility index (Phi) is 3.99. The maximum Gasteiger partial charge on any atom is 0.139 e. The van der Waals surface area contributed by atoms with Crippen molar-refractivity contribution in [2.24, 2.45) is 5.92 Å². The number of hydrogen-bond acceptors (Lipinski definition) is 4. The number of ether oxygens (including phenoxy) is 1. The molecular weight excluding hydrogens is 276 g/mol. The summed E-state index contributed by atoms with van der Waals surface area (Å²) in [4.78, 5) is 7.26. The summed E-state index contributed by atoms with van der Waals surface area (Å²) in [5.74, 6) is 0.631. The highest BCUT2D eigenvalue weighted by Crippen LogP contribution is 2.21. The first-order chi connectivity index (χ1) is 10.9. The summed E-state index contributed by atoms with van der Waals surface area (Å²) in [6, 6.07) is 4.42. The zero-order chi connectivity index (χ0) is 14.8. The average molecular weight is 300 g/mol. The monoisotopic (exact) mass is 300 g/mol. The Morgan fingerprint density at radius 2 is 2.23 bits per heavy atom. The number of aromatic nitrogens is 2. The molecule has 22 heavy (non-hydrogen) atoms. The number of anilines is 1. The first-order valence-corrected chi connectivity index (χ1v) is 8.39. The molecule has 2 saturated heterocycles. The fraction of sp³-hybridized carbons (Fsp3) is 0.588. The summed E-state index contributed by atoms with van der Waals surface area (Å²) in [5, 5.41) is 3.40. The summed E-state index contributed by atoms with van der Waals surface area (Å²) in [7, 11) is 0. The van der Waals surface area contributed by atoms with Gasteiger partial charge >= 0.3 is 0 Å². The third kappa shape index (κ3) is 2.96. The van der Waals surface area contributed by atoms with Crippen LogP contribution in [0.3, 0.4) is 0 Å². The lowest BCUT2D eigenvalue weighted by Gasteiger charge is -2.29. The van der Waals surface area contributed by atoms with E-state index in [1.165, 1.54) is 24.2 Å². The number of fused-ring (bicyclic) bond motifs is 1. The molecule has 118 valence electrons. The van der Waals surface area contributed by atoms with E-state index in [0.717, 1.165) is 51.5 Å². The third-order valence-electron chi connectivity index (χ3n) is 4.73. The van der Waals surface area contributed by atoms with Crippen LogP contribution in [-0.4, -0.2) is 48.8 Å². The van der Waals surface area contributed by atoms with Crippen molar-refractivity contribution in [3.8, 4) is 0 Å². The summed E-state index contributed by atoms with van der Waals surface area (Å²) in [6.07, 6.45) is 7.79. The Bertz CT molecular complexity index is 627. The number of nitrogens with one attached hydrogen (secondary N) is 1. The van der Waals surface area contributed by atoms with E-state index in [1.54, 1.807) is 0 Å². The number of imidazole rings is 1. The van der Waals surface area contributed by atoms with Crippen LogP contribution in [-0.2, 0) is 11.2 Å². The van der Waals surface area contributed by atoms with Crippen LogP contribution in [0.15, 0.2) is 24.5 Å². The molecule has 2 aromatic heterocycles. The highest BCUT2D eigenvalue weighted by molar-refractivity contribution is 5.57. The Hall–Kier alpha value is -1.59. The lowest BCUT2D eigenvalue weighted by Crippen LogP contribution is -2.43. The molecule has 0 saturated carbocycles. The smallest absolute Gasteiger partial charge is 0.139 e. The van der Waals surface area contributed by atoms with Gasteiger partial charge in [0, 0.05) is 63.5 Å². The first-order valence-electron chi connectivity index (χ1n) is 8.39. The molecule has 1 unspecified atom stereocenters. The molecule has 2 aromatic rings. The minimum atomic E-state index is 0.631. The summed E-state index contributed by atoms with van der Waals surface area (Å²) < 4.78 is 7.72. The van der Waals surface area contributed by atoms with Crippen molar-refractivity contribution in [3.05, 3.63) is 30.2 Å². The Morgan fingerprint density at radius 3 is 3.05 bits per heavy atom. The van der Waals surface area contributed by atoms with Gasteiger partial charge in [-0.25, -0.2) is 4.98 Å². The molecule has 0 aliphatic carbocycles. The van der Waals surface area contributed by atoms with Crippen molar-refractivity contribution in [1.29, 1.82) is 0 Å². The van der Waals surface area contributed by atoms with E-state index in [9.17, 15) is 0 Å². The molecule has 0 radical (unpaired) electrons. The van der Waals surface area contributed by atoms with E-state index in [2.05, 4.69) is 39.1 Å². The van der Waals surface area contributed by atoms with E-state index < -0.39 is 0 Å². The summed E-state index contributed by atoms with van der Waals surface area (Å²) in [5.41, 5.74) is 3.53. The fourth-order valence-electron chi connectivity index (χ4n) is 3.51. The van der Waals surface area contributed by atoms with Gasteiger partial charge in [-0.15, -0.1) is 0 Å². The van der Waals surface area contributed by atoms with Gasteiger partial charge in [0.15, 0.2) is 0 Å². The molecule has 5 heteroatoms. The maximum absolute atomic E-state index is 5.58. The summed E-state index contributed by atoms with van der Waals surface area (Å²) in [6.45, 7) is 6.08. The zero-order valence-electron chi connectivity index (χ0n) is 13.0. The van der Waals surface area contributed by atoms with Crippen molar-refractivity contribution in [3.63, 3.8) is 0 Å². The second-order valence-electron chi connectivity index (χ2n) is 6.41. The molecule has 1 N–H and O–H groups in total. The average Bonchev–Trinajstić information content (AvgIpc) is 2.98. The molecule has 4 rings (SSSR count). The Morgan fingerprint density at radius 1 is 1.32 bits per heavy atom. The predicted octanol–water partition coefficient (Wildman–Crippen LogP) is 1.71. The lowest BCUT2D eigenvalue weighted by molar-refractivity contribution is 0.0547. The van der Waals surface area contributed by atoms with Crippen LogP contribution in [0.25, 0.3) is 5.65 Å². The largest absolute Gasteiger partial charge is 0.381 e. The van der Waals surface area contributed by atoms with Crippen LogP contribution in [0, 0.1) is 5.92 Å². The molecule has 0 amide bonds. The van der Waals surface area contributed by atoms with E-state index in [-0.39, 0.29) is 0 Å². The van der Waals surface area contributed by atoms with Gasteiger partial charge in [0.2, 0.25) is 0 Å². The van der Waals surface area contributed by atoms with Crippen molar-refractivity contribution >= 4 is 11.3 Å². The number of piperazine rings is 1. The quantitative estimate of drug-likeness (QED) is 0.937. The van der Waals surface area contributed by atoms with Gasteiger partial charge in [0.05, 0.1) is 5.69 Å². The molecule has 0 spiro atoms. The molecule has 2 aliphatic rings. The van der Waals surface area contributed by atoms with Crippen LogP contribution in [0.1, 0.15) is 18.5 Å². The second kappa shape index (κ2) is 6.26. The first kappa shape index (κ1) is 14.0. The van der Waals surface area contributed by atoms with Crippen molar-refractivity contribution in [1.82, 2.24) is 14.7 Å². The zero-order valence-corrected chi connectivity index (χ0v) is 13.0. The van der Waals surface area contributed by atoms with Crippen LogP contribution >= 0.6 is 0 Å². The second-order valence-corrected chi connectivity index (χ2v) is 6.41. The number of hydrogen-bond donors (Lipinski definition) is 1. The topological polar surface area (TPSA) is 41.8 Å². The molecule has 2 fully saturated rings. The van der Waals surface area contributed by atoms with Gasteiger partial charge in [-0.2, -0.15) is 0 Å². The van der Waals surface area contributed by atoms with E-state index >= 15 is 0 Å². The van der Waals surface area contributed by atoms with E-state index in [1.807, 2.05) is 0 Å². The number of pyridine rings is 1. The van der Waals surface area contributed by atoms with Gasteiger partial charge in [0.1, 0.15) is 5.65 Å². The molecular formula is C17H24N4O.